The summed E-state index contributed by atoms with van der Waals surface area (Å²) in [4.78, 5) is 23.5. The topological polar surface area (TPSA) is 84.2 Å². The standard InChI is InChI=1S/C15H21N3O2/c1-3-15(16,4-2)14(20)17-11-6-7-12-10(9-11)5-8-13(19)18-12/h6-7,9H,3-5,8,16H2,1-2H3,(H,17,20)(H,18,19). The molecule has 1 aliphatic heterocycles. The van der Waals surface area contributed by atoms with Crippen LogP contribution in [0, 0.1) is 0 Å². The summed E-state index contributed by atoms with van der Waals surface area (Å²) in [5.74, 6) is -0.130. The second-order valence-corrected chi connectivity index (χ2v) is 5.24. The van der Waals surface area contributed by atoms with Crippen LogP contribution in [0.15, 0.2) is 18.2 Å². The first-order valence-electron chi connectivity index (χ1n) is 7.01. The molecule has 0 fully saturated rings. The molecule has 4 N–H and O–H groups in total. The lowest BCUT2D eigenvalue weighted by molar-refractivity contribution is -0.121. The Bertz CT molecular complexity index is 536. The first-order chi connectivity index (χ1) is 9.48. The monoisotopic (exact) mass is 275 g/mol. The van der Waals surface area contributed by atoms with Crippen molar-refractivity contribution in [3.8, 4) is 0 Å². The van der Waals surface area contributed by atoms with Crippen LogP contribution in [0.5, 0.6) is 0 Å². The smallest absolute Gasteiger partial charge is 0.244 e. The van der Waals surface area contributed by atoms with Crippen LogP contribution in [0.25, 0.3) is 0 Å². The number of carbonyl (C=O) groups excluding carboxylic acids is 2. The Morgan fingerprint density at radius 1 is 1.35 bits per heavy atom. The first-order valence-corrected chi connectivity index (χ1v) is 7.01. The maximum Gasteiger partial charge on any atom is 0.244 e. The Hall–Kier alpha value is -1.88. The number of hydrogen-bond donors (Lipinski definition) is 3. The van der Waals surface area contributed by atoms with Crippen molar-refractivity contribution in [2.75, 3.05) is 10.6 Å². The molecule has 20 heavy (non-hydrogen) atoms. The van der Waals surface area contributed by atoms with Crippen molar-refractivity contribution in [1.82, 2.24) is 0 Å². The number of benzene rings is 1. The number of anilines is 2. The van der Waals surface area contributed by atoms with Crippen molar-refractivity contribution >= 4 is 23.2 Å². The molecule has 0 aliphatic carbocycles. The molecule has 108 valence electrons. The first kappa shape index (κ1) is 14.5. The maximum absolute atomic E-state index is 12.2. The van der Waals surface area contributed by atoms with Gasteiger partial charge in [0.25, 0.3) is 0 Å². The van der Waals surface area contributed by atoms with E-state index in [-0.39, 0.29) is 11.8 Å². The average molecular weight is 275 g/mol. The summed E-state index contributed by atoms with van der Waals surface area (Å²) >= 11 is 0. The maximum atomic E-state index is 12.2. The highest BCUT2D eigenvalue weighted by Crippen LogP contribution is 2.26. The van der Waals surface area contributed by atoms with E-state index in [1.807, 2.05) is 26.0 Å². The van der Waals surface area contributed by atoms with Gasteiger partial charge in [-0.25, -0.2) is 0 Å². The van der Waals surface area contributed by atoms with Gasteiger partial charge in [-0.05, 0) is 43.0 Å². The van der Waals surface area contributed by atoms with E-state index in [1.54, 1.807) is 6.07 Å². The molecule has 0 radical (unpaired) electrons. The van der Waals surface area contributed by atoms with Gasteiger partial charge >= 0.3 is 0 Å². The van der Waals surface area contributed by atoms with E-state index in [2.05, 4.69) is 10.6 Å². The van der Waals surface area contributed by atoms with Crippen LogP contribution < -0.4 is 16.4 Å². The number of hydrogen-bond acceptors (Lipinski definition) is 3. The molecule has 5 heteroatoms. The fourth-order valence-corrected chi connectivity index (χ4v) is 2.29. The Labute approximate surface area is 118 Å². The lowest BCUT2D eigenvalue weighted by Gasteiger charge is -2.25. The average Bonchev–Trinajstić information content (AvgIpc) is 2.46. The van der Waals surface area contributed by atoms with E-state index in [0.717, 1.165) is 16.9 Å². The SMILES string of the molecule is CCC(N)(CC)C(=O)Nc1ccc2c(c1)CCC(=O)N2. The second-order valence-electron chi connectivity index (χ2n) is 5.24. The molecule has 2 amide bonds. The molecule has 0 atom stereocenters. The zero-order valence-electron chi connectivity index (χ0n) is 12.0. The van der Waals surface area contributed by atoms with Crippen LogP contribution in [0.1, 0.15) is 38.7 Å². The molecule has 0 saturated carbocycles. The summed E-state index contributed by atoms with van der Waals surface area (Å²) < 4.78 is 0. The van der Waals surface area contributed by atoms with E-state index < -0.39 is 5.54 Å². The van der Waals surface area contributed by atoms with Gasteiger partial charge in [0.2, 0.25) is 11.8 Å². The highest BCUT2D eigenvalue weighted by molar-refractivity contribution is 5.99. The molecule has 0 bridgehead atoms. The van der Waals surface area contributed by atoms with Gasteiger partial charge < -0.3 is 16.4 Å². The van der Waals surface area contributed by atoms with Crippen LogP contribution in [0.2, 0.25) is 0 Å². The summed E-state index contributed by atoms with van der Waals surface area (Å²) in [5.41, 5.74) is 7.83. The third-order valence-corrected chi connectivity index (χ3v) is 3.97. The second kappa shape index (κ2) is 5.63. The lowest BCUT2D eigenvalue weighted by atomic mass is 9.93. The van der Waals surface area contributed by atoms with Gasteiger partial charge in [0.15, 0.2) is 0 Å². The number of rotatable bonds is 4. The van der Waals surface area contributed by atoms with E-state index in [4.69, 9.17) is 5.73 Å². The van der Waals surface area contributed by atoms with Crippen LogP contribution >= 0.6 is 0 Å². The Morgan fingerprint density at radius 3 is 2.70 bits per heavy atom. The van der Waals surface area contributed by atoms with Crippen molar-refractivity contribution in [3.63, 3.8) is 0 Å². The van der Waals surface area contributed by atoms with Crippen LogP contribution in [0.3, 0.4) is 0 Å². The molecule has 0 saturated heterocycles. The van der Waals surface area contributed by atoms with Gasteiger partial charge in [-0.1, -0.05) is 13.8 Å². The van der Waals surface area contributed by atoms with E-state index >= 15 is 0 Å². The van der Waals surface area contributed by atoms with Crippen LogP contribution in [-0.4, -0.2) is 17.4 Å². The molecule has 2 rings (SSSR count). The summed E-state index contributed by atoms with van der Waals surface area (Å²) in [6.45, 7) is 3.82. The minimum absolute atomic E-state index is 0.0345. The van der Waals surface area contributed by atoms with Crippen molar-refractivity contribution < 1.29 is 9.59 Å². The van der Waals surface area contributed by atoms with Gasteiger partial charge in [0.1, 0.15) is 0 Å². The molecule has 1 aliphatic rings. The van der Waals surface area contributed by atoms with E-state index in [9.17, 15) is 9.59 Å². The molecule has 0 aromatic heterocycles. The number of nitrogens with two attached hydrogens (primary N) is 1. The van der Waals surface area contributed by atoms with Gasteiger partial charge in [-0.3, -0.25) is 9.59 Å². The molecule has 1 heterocycles. The predicted octanol–water partition coefficient (Wildman–Crippen LogP) is 2.03. The largest absolute Gasteiger partial charge is 0.326 e. The van der Waals surface area contributed by atoms with Crippen LogP contribution in [0.4, 0.5) is 11.4 Å². The van der Waals surface area contributed by atoms with Crippen LogP contribution in [-0.2, 0) is 16.0 Å². The van der Waals surface area contributed by atoms with Crippen molar-refractivity contribution in [2.24, 2.45) is 5.73 Å². The molecule has 0 unspecified atom stereocenters. The summed E-state index contributed by atoms with van der Waals surface area (Å²) in [7, 11) is 0. The third-order valence-electron chi connectivity index (χ3n) is 3.97. The molecule has 1 aromatic rings. The fourth-order valence-electron chi connectivity index (χ4n) is 2.29. The quantitative estimate of drug-likeness (QED) is 0.786. The minimum Gasteiger partial charge on any atom is -0.326 e. The Kier molecular flexibility index (Phi) is 4.09. The fraction of sp³-hybridized carbons (Fsp3) is 0.467. The summed E-state index contributed by atoms with van der Waals surface area (Å²) in [5, 5.41) is 5.69. The zero-order chi connectivity index (χ0) is 14.8. The molecule has 5 nitrogen and oxygen atoms in total. The van der Waals surface area contributed by atoms with Crippen molar-refractivity contribution in [1.29, 1.82) is 0 Å². The van der Waals surface area contributed by atoms with Gasteiger partial charge in [0, 0.05) is 17.8 Å². The summed E-state index contributed by atoms with van der Waals surface area (Å²) in [6, 6.07) is 5.50. The normalized spacial score (nSPS) is 14.4. The summed E-state index contributed by atoms with van der Waals surface area (Å²) in [6.07, 6.45) is 2.36. The van der Waals surface area contributed by atoms with Gasteiger partial charge in [-0.2, -0.15) is 0 Å². The minimum atomic E-state index is -0.829. The Balaban J connectivity index is 2.15. The van der Waals surface area contributed by atoms with Gasteiger partial charge in [0.05, 0.1) is 5.54 Å². The number of carbonyl (C=O) groups is 2. The lowest BCUT2D eigenvalue weighted by Crippen LogP contribution is -2.50. The molecular formula is C15H21N3O2. The van der Waals surface area contributed by atoms with Crippen molar-refractivity contribution in [3.05, 3.63) is 23.8 Å². The Morgan fingerprint density at radius 2 is 2.05 bits per heavy atom. The number of nitrogens with one attached hydrogen (secondary N) is 2. The zero-order valence-corrected chi connectivity index (χ0v) is 12.0. The third kappa shape index (κ3) is 2.82. The van der Waals surface area contributed by atoms with Crippen molar-refractivity contribution in [2.45, 2.75) is 45.1 Å². The number of amides is 2. The molecule has 1 aromatic carbocycles. The highest BCUT2D eigenvalue weighted by Gasteiger charge is 2.30. The number of aryl methyl sites for hydroxylation is 1. The van der Waals surface area contributed by atoms with E-state index in [1.165, 1.54) is 0 Å². The highest BCUT2D eigenvalue weighted by atomic mass is 16.2. The van der Waals surface area contributed by atoms with Gasteiger partial charge in [-0.15, -0.1) is 0 Å². The van der Waals surface area contributed by atoms with E-state index in [0.29, 0.717) is 25.7 Å². The predicted molar refractivity (Wildman–Crippen MR) is 79.5 cm³/mol. The molecule has 0 spiro atoms. The molecular weight excluding hydrogens is 254 g/mol. The number of fused-ring (bicyclic) bond motifs is 1.